The first-order valence-corrected chi connectivity index (χ1v) is 9.51. The summed E-state index contributed by atoms with van der Waals surface area (Å²) in [7, 11) is 0. The summed E-state index contributed by atoms with van der Waals surface area (Å²) < 4.78 is 0.944. The minimum atomic E-state index is -0.815. The predicted octanol–water partition coefficient (Wildman–Crippen LogP) is 2.58. The highest BCUT2D eigenvalue weighted by molar-refractivity contribution is 6.30. The molecule has 1 amide bonds. The first-order chi connectivity index (χ1) is 14.4. The number of rotatable bonds is 3. The minimum Gasteiger partial charge on any atom is -0.493 e. The number of hydrogen-bond donors (Lipinski definition) is 2. The molecule has 4 rings (SSSR count). The van der Waals surface area contributed by atoms with Gasteiger partial charge in [-0.15, -0.1) is 0 Å². The van der Waals surface area contributed by atoms with Crippen molar-refractivity contribution < 1.29 is 9.90 Å². The van der Waals surface area contributed by atoms with Crippen molar-refractivity contribution in [1.29, 1.82) is 0 Å². The van der Waals surface area contributed by atoms with Crippen LogP contribution >= 0.6 is 11.6 Å². The number of aromatic amines is 1. The van der Waals surface area contributed by atoms with Gasteiger partial charge in [0.25, 0.3) is 5.56 Å². The first-order valence-electron chi connectivity index (χ1n) is 9.13. The monoisotopic (exact) mass is 424 g/mol. The lowest BCUT2D eigenvalue weighted by Crippen LogP contribution is -2.33. The normalized spacial score (nSPS) is 15.9. The van der Waals surface area contributed by atoms with Crippen LogP contribution in [0.2, 0.25) is 5.02 Å². The molecule has 0 bridgehead atoms. The summed E-state index contributed by atoms with van der Waals surface area (Å²) >= 11 is 6.00. The Balaban J connectivity index is 1.86. The van der Waals surface area contributed by atoms with Crippen LogP contribution in [0.25, 0.3) is 5.69 Å². The van der Waals surface area contributed by atoms with Gasteiger partial charge in [0.1, 0.15) is 5.56 Å². The molecule has 30 heavy (non-hydrogen) atoms. The van der Waals surface area contributed by atoms with Gasteiger partial charge in [-0.3, -0.25) is 14.6 Å². The van der Waals surface area contributed by atoms with Gasteiger partial charge in [0.05, 0.1) is 17.4 Å². The highest BCUT2D eigenvalue weighted by Gasteiger charge is 2.34. The molecule has 0 saturated carbocycles. The van der Waals surface area contributed by atoms with Gasteiger partial charge in [-0.2, -0.15) is 5.10 Å². The molecule has 1 aliphatic rings. The highest BCUT2D eigenvalue weighted by atomic mass is 35.5. The summed E-state index contributed by atoms with van der Waals surface area (Å²) in [6, 6.07) is 15.1. The topological polar surface area (TPSA) is 108 Å². The van der Waals surface area contributed by atoms with Crippen LogP contribution in [-0.4, -0.2) is 31.3 Å². The van der Waals surface area contributed by atoms with E-state index in [-0.39, 0.29) is 29.3 Å². The lowest BCUT2D eigenvalue weighted by Gasteiger charge is -2.20. The summed E-state index contributed by atoms with van der Waals surface area (Å²) in [5.74, 6) is -0.875. The van der Waals surface area contributed by atoms with Crippen molar-refractivity contribution in [2.24, 2.45) is 5.10 Å². The Hall–Kier alpha value is -3.65. The Morgan fingerprint density at radius 2 is 1.90 bits per heavy atom. The smallest absolute Gasteiger partial charge is 0.335 e. The molecule has 3 aromatic rings. The molecular formula is C21H17ClN4O4. The molecule has 0 fully saturated rings. The third kappa shape index (κ3) is 3.42. The number of carbonyl (C=O) groups is 1. The summed E-state index contributed by atoms with van der Waals surface area (Å²) in [4.78, 5) is 39.3. The van der Waals surface area contributed by atoms with Crippen molar-refractivity contribution in [1.82, 2.24) is 14.6 Å². The second-order valence-corrected chi connectivity index (χ2v) is 7.25. The fourth-order valence-corrected chi connectivity index (χ4v) is 3.71. The highest BCUT2D eigenvalue weighted by Crippen LogP contribution is 2.33. The number of hydrazone groups is 1. The van der Waals surface area contributed by atoms with E-state index in [4.69, 9.17) is 11.6 Å². The number of halogens is 1. The van der Waals surface area contributed by atoms with E-state index in [1.807, 2.05) is 30.3 Å². The van der Waals surface area contributed by atoms with Crippen LogP contribution < -0.4 is 11.2 Å². The average molecular weight is 425 g/mol. The maximum Gasteiger partial charge on any atom is 0.335 e. The second kappa shape index (κ2) is 7.64. The van der Waals surface area contributed by atoms with Crippen molar-refractivity contribution in [3.63, 3.8) is 0 Å². The zero-order valence-corrected chi connectivity index (χ0v) is 16.6. The van der Waals surface area contributed by atoms with E-state index in [0.717, 1.165) is 10.1 Å². The predicted molar refractivity (Wildman–Crippen MR) is 112 cm³/mol. The molecule has 1 aliphatic heterocycles. The molecule has 2 heterocycles. The van der Waals surface area contributed by atoms with Gasteiger partial charge in [0, 0.05) is 18.4 Å². The van der Waals surface area contributed by atoms with Crippen LogP contribution in [0.15, 0.2) is 69.3 Å². The summed E-state index contributed by atoms with van der Waals surface area (Å²) in [5, 5.41) is 16.8. The number of aromatic nitrogens is 2. The molecule has 1 atom stereocenters. The van der Waals surface area contributed by atoms with Crippen LogP contribution in [-0.2, 0) is 4.79 Å². The van der Waals surface area contributed by atoms with E-state index in [0.29, 0.717) is 5.02 Å². The molecular weight excluding hydrogens is 408 g/mol. The van der Waals surface area contributed by atoms with Crippen LogP contribution in [0.3, 0.4) is 0 Å². The Kier molecular flexibility index (Phi) is 5.01. The number of aromatic hydroxyl groups is 1. The molecule has 2 N–H and O–H groups in total. The zero-order valence-electron chi connectivity index (χ0n) is 15.9. The summed E-state index contributed by atoms with van der Waals surface area (Å²) in [6.45, 7) is 1.37. The number of nitrogens with zero attached hydrogens (tertiary/aromatic N) is 3. The molecule has 1 aromatic heterocycles. The summed E-state index contributed by atoms with van der Waals surface area (Å²) in [6.07, 6.45) is 0.202. The molecule has 0 radical (unpaired) electrons. The second-order valence-electron chi connectivity index (χ2n) is 6.81. The van der Waals surface area contributed by atoms with E-state index < -0.39 is 23.2 Å². The molecule has 0 spiro atoms. The van der Waals surface area contributed by atoms with Gasteiger partial charge in [0.15, 0.2) is 0 Å². The Morgan fingerprint density at radius 1 is 1.17 bits per heavy atom. The van der Waals surface area contributed by atoms with Crippen molar-refractivity contribution in [3.8, 4) is 11.6 Å². The van der Waals surface area contributed by atoms with Crippen LogP contribution in [0.5, 0.6) is 5.88 Å². The third-order valence-corrected chi connectivity index (χ3v) is 5.09. The number of H-pyrrole nitrogens is 1. The Morgan fingerprint density at radius 3 is 2.57 bits per heavy atom. The van der Waals surface area contributed by atoms with Crippen LogP contribution in [0, 0.1) is 0 Å². The lowest BCUT2D eigenvalue weighted by molar-refractivity contribution is -0.130. The summed E-state index contributed by atoms with van der Waals surface area (Å²) in [5.41, 5.74) is -0.445. The van der Waals surface area contributed by atoms with Crippen molar-refractivity contribution in [2.45, 2.75) is 19.4 Å². The Bertz CT molecular complexity index is 1280. The maximum atomic E-state index is 12.6. The third-order valence-electron chi connectivity index (χ3n) is 4.86. The number of hydrogen-bond acceptors (Lipinski definition) is 5. The van der Waals surface area contributed by atoms with Gasteiger partial charge in [-0.1, -0.05) is 48.0 Å². The molecule has 1 unspecified atom stereocenters. The average Bonchev–Trinajstić information content (AvgIpc) is 3.13. The quantitative estimate of drug-likeness (QED) is 0.673. The largest absolute Gasteiger partial charge is 0.493 e. The maximum absolute atomic E-state index is 12.6. The van der Waals surface area contributed by atoms with E-state index in [2.05, 4.69) is 10.1 Å². The van der Waals surface area contributed by atoms with Gasteiger partial charge < -0.3 is 5.11 Å². The molecule has 0 saturated heterocycles. The SMILES string of the molecule is CC(=O)N1N=C(c2c(O)n(-c3cccc(Cl)c3)c(=O)[nH]c2=O)CC1c1ccccc1. The van der Waals surface area contributed by atoms with Gasteiger partial charge in [-0.05, 0) is 23.8 Å². The molecule has 0 aliphatic carbocycles. The molecule has 8 nitrogen and oxygen atoms in total. The van der Waals surface area contributed by atoms with Crippen LogP contribution in [0.4, 0.5) is 0 Å². The number of nitrogens with one attached hydrogen (secondary N) is 1. The van der Waals surface area contributed by atoms with E-state index in [1.165, 1.54) is 18.0 Å². The molecule has 152 valence electrons. The fourth-order valence-electron chi connectivity index (χ4n) is 3.53. The van der Waals surface area contributed by atoms with E-state index >= 15 is 0 Å². The van der Waals surface area contributed by atoms with Gasteiger partial charge in [0.2, 0.25) is 11.8 Å². The Labute approximate surface area is 175 Å². The van der Waals surface area contributed by atoms with Crippen molar-refractivity contribution in [2.75, 3.05) is 0 Å². The number of amides is 1. The van der Waals surface area contributed by atoms with E-state index in [9.17, 15) is 19.5 Å². The van der Waals surface area contributed by atoms with Crippen molar-refractivity contribution in [3.05, 3.63) is 91.6 Å². The standard InChI is InChI=1S/C21H17ClN4O4/c1-12(27)26-17(13-6-3-2-4-7-13)11-16(24-26)18-19(28)23-21(30)25(20(18)29)15-9-5-8-14(22)10-15/h2-10,17,29H,11H2,1H3,(H,23,28,30). The molecule has 2 aromatic carbocycles. The molecule has 9 heteroatoms. The fraction of sp³-hybridized carbons (Fsp3) is 0.143. The van der Waals surface area contributed by atoms with E-state index in [1.54, 1.807) is 18.2 Å². The minimum absolute atomic E-state index is 0.167. The van der Waals surface area contributed by atoms with Gasteiger partial charge in [-0.25, -0.2) is 14.4 Å². The lowest BCUT2D eigenvalue weighted by atomic mass is 9.99. The number of carbonyl (C=O) groups excluding carboxylic acids is 1. The zero-order chi connectivity index (χ0) is 21.4. The van der Waals surface area contributed by atoms with Crippen LogP contribution in [0.1, 0.15) is 30.5 Å². The number of benzene rings is 2. The first kappa shape index (κ1) is 19.7. The van der Waals surface area contributed by atoms with Crippen molar-refractivity contribution >= 4 is 23.2 Å². The van der Waals surface area contributed by atoms with Gasteiger partial charge >= 0.3 is 5.69 Å².